The van der Waals surface area contributed by atoms with E-state index in [0.29, 0.717) is 18.8 Å². The number of rotatable bonds is 7. The Morgan fingerprint density at radius 3 is 2.30 bits per heavy atom. The largest absolute Gasteiger partial charge is 0.497 e. The molecule has 2 N–H and O–H groups in total. The number of hydrogen-bond donors (Lipinski definition) is 1. The van der Waals surface area contributed by atoms with Gasteiger partial charge in [-0.05, 0) is 49.9 Å². The van der Waals surface area contributed by atoms with Crippen molar-refractivity contribution in [2.75, 3.05) is 20.3 Å². The van der Waals surface area contributed by atoms with Gasteiger partial charge in [-0.2, -0.15) is 0 Å². The summed E-state index contributed by atoms with van der Waals surface area (Å²) < 4.78 is 16.6. The maximum atomic E-state index is 5.87. The molecule has 0 atom stereocenters. The number of nitrogens with two attached hydrogens (primary N) is 1. The van der Waals surface area contributed by atoms with Crippen molar-refractivity contribution in [3.05, 3.63) is 24.3 Å². The highest BCUT2D eigenvalue weighted by Gasteiger charge is 2.18. The van der Waals surface area contributed by atoms with Crippen LogP contribution in [0.4, 0.5) is 0 Å². The quantitative estimate of drug-likeness (QED) is 0.780. The molecule has 4 nitrogen and oxygen atoms in total. The minimum Gasteiger partial charge on any atom is -0.497 e. The zero-order valence-corrected chi connectivity index (χ0v) is 12.2. The zero-order chi connectivity index (χ0) is 14.2. The van der Waals surface area contributed by atoms with Crippen molar-refractivity contribution in [1.29, 1.82) is 0 Å². The van der Waals surface area contributed by atoms with Crippen LogP contribution in [0, 0.1) is 0 Å². The van der Waals surface area contributed by atoms with Crippen LogP contribution in [-0.4, -0.2) is 32.5 Å². The molecule has 1 saturated carbocycles. The van der Waals surface area contributed by atoms with E-state index in [4.69, 9.17) is 19.9 Å². The van der Waals surface area contributed by atoms with E-state index in [1.54, 1.807) is 7.11 Å². The maximum absolute atomic E-state index is 5.87. The zero-order valence-electron chi connectivity index (χ0n) is 12.2. The van der Waals surface area contributed by atoms with E-state index in [-0.39, 0.29) is 0 Å². The second-order valence-corrected chi connectivity index (χ2v) is 5.29. The smallest absolute Gasteiger partial charge is 0.119 e. The number of hydrogen-bond acceptors (Lipinski definition) is 4. The van der Waals surface area contributed by atoms with Gasteiger partial charge in [-0.25, -0.2) is 0 Å². The average molecular weight is 279 g/mol. The van der Waals surface area contributed by atoms with E-state index in [1.165, 1.54) is 0 Å². The molecule has 0 heterocycles. The van der Waals surface area contributed by atoms with Crippen molar-refractivity contribution in [2.24, 2.45) is 5.73 Å². The summed E-state index contributed by atoms with van der Waals surface area (Å²) in [5.41, 5.74) is 5.87. The van der Waals surface area contributed by atoms with Gasteiger partial charge in [0.15, 0.2) is 0 Å². The molecule has 112 valence electrons. The minimum atomic E-state index is 0.383. The van der Waals surface area contributed by atoms with E-state index in [1.807, 2.05) is 24.3 Å². The molecule has 0 radical (unpaired) electrons. The first-order valence-corrected chi connectivity index (χ1v) is 7.42. The monoisotopic (exact) mass is 279 g/mol. The summed E-state index contributed by atoms with van der Waals surface area (Å²) in [4.78, 5) is 0. The molecule has 0 aromatic heterocycles. The number of benzene rings is 1. The van der Waals surface area contributed by atoms with E-state index < -0.39 is 0 Å². The Morgan fingerprint density at radius 2 is 1.65 bits per heavy atom. The van der Waals surface area contributed by atoms with Gasteiger partial charge in [-0.3, -0.25) is 0 Å². The second-order valence-electron chi connectivity index (χ2n) is 5.29. The van der Waals surface area contributed by atoms with Crippen molar-refractivity contribution in [2.45, 2.75) is 44.2 Å². The van der Waals surface area contributed by atoms with Crippen LogP contribution < -0.4 is 15.2 Å². The first kappa shape index (κ1) is 15.1. The molecule has 1 aromatic rings. The van der Waals surface area contributed by atoms with E-state index in [2.05, 4.69) is 0 Å². The third-order valence-corrected chi connectivity index (χ3v) is 3.69. The predicted molar refractivity (Wildman–Crippen MR) is 79.3 cm³/mol. The fourth-order valence-electron chi connectivity index (χ4n) is 2.43. The van der Waals surface area contributed by atoms with Crippen LogP contribution in [0.1, 0.15) is 32.1 Å². The highest BCUT2D eigenvalue weighted by molar-refractivity contribution is 5.31. The van der Waals surface area contributed by atoms with Crippen LogP contribution in [0.15, 0.2) is 24.3 Å². The van der Waals surface area contributed by atoms with Crippen LogP contribution >= 0.6 is 0 Å². The summed E-state index contributed by atoms with van der Waals surface area (Å²) in [5.74, 6) is 1.71. The van der Waals surface area contributed by atoms with Gasteiger partial charge in [0.2, 0.25) is 0 Å². The Bertz CT molecular complexity index is 372. The number of methoxy groups -OCH3 is 1. The van der Waals surface area contributed by atoms with E-state index >= 15 is 0 Å². The summed E-state index contributed by atoms with van der Waals surface area (Å²) in [7, 11) is 1.66. The third-order valence-electron chi connectivity index (χ3n) is 3.69. The second kappa shape index (κ2) is 8.12. The lowest BCUT2D eigenvalue weighted by molar-refractivity contribution is 0.0196. The molecule has 2 rings (SSSR count). The molecule has 1 aromatic carbocycles. The van der Waals surface area contributed by atoms with E-state index in [0.717, 1.165) is 50.2 Å². The van der Waals surface area contributed by atoms with Crippen LogP contribution in [0.25, 0.3) is 0 Å². The van der Waals surface area contributed by atoms with Crippen LogP contribution in [0.5, 0.6) is 11.5 Å². The molecule has 0 saturated heterocycles. The molecule has 0 unspecified atom stereocenters. The molecular weight excluding hydrogens is 254 g/mol. The standard InChI is InChI=1S/C16H25NO3/c1-18-14-7-9-16(10-8-14)20-12-2-11-19-15-5-3-13(17)4-6-15/h7-10,13,15H,2-6,11-12,17H2,1H3. The van der Waals surface area contributed by atoms with Crippen LogP contribution in [-0.2, 0) is 4.74 Å². The highest BCUT2D eigenvalue weighted by Crippen LogP contribution is 2.20. The fraction of sp³-hybridized carbons (Fsp3) is 0.625. The summed E-state index contributed by atoms with van der Waals surface area (Å²) in [6.07, 6.45) is 5.69. The average Bonchev–Trinajstić information content (AvgIpc) is 2.49. The lowest BCUT2D eigenvalue weighted by atomic mass is 9.94. The van der Waals surface area contributed by atoms with Gasteiger partial charge in [0.05, 0.1) is 26.4 Å². The normalized spacial score (nSPS) is 22.5. The molecule has 1 aliphatic rings. The lowest BCUT2D eigenvalue weighted by Gasteiger charge is -2.26. The van der Waals surface area contributed by atoms with Crippen molar-refractivity contribution in [3.8, 4) is 11.5 Å². The van der Waals surface area contributed by atoms with Gasteiger partial charge >= 0.3 is 0 Å². The summed E-state index contributed by atoms with van der Waals surface area (Å²) in [6, 6.07) is 8.02. The molecular formula is C16H25NO3. The van der Waals surface area contributed by atoms with Crippen LogP contribution in [0.2, 0.25) is 0 Å². The number of ether oxygens (including phenoxy) is 3. The van der Waals surface area contributed by atoms with Gasteiger partial charge in [0.25, 0.3) is 0 Å². The Kier molecular flexibility index (Phi) is 6.15. The van der Waals surface area contributed by atoms with E-state index in [9.17, 15) is 0 Å². The van der Waals surface area contributed by atoms with Crippen molar-refractivity contribution in [1.82, 2.24) is 0 Å². The van der Waals surface area contributed by atoms with Gasteiger partial charge in [-0.15, -0.1) is 0 Å². The lowest BCUT2D eigenvalue weighted by Crippen LogP contribution is -2.30. The molecule has 1 fully saturated rings. The van der Waals surface area contributed by atoms with Gasteiger partial charge < -0.3 is 19.9 Å². The van der Waals surface area contributed by atoms with Crippen molar-refractivity contribution < 1.29 is 14.2 Å². The van der Waals surface area contributed by atoms with Gasteiger partial charge in [0, 0.05) is 12.5 Å². The Morgan fingerprint density at radius 1 is 1.00 bits per heavy atom. The molecule has 0 spiro atoms. The minimum absolute atomic E-state index is 0.383. The summed E-state index contributed by atoms with van der Waals surface area (Å²) in [5, 5.41) is 0. The topological polar surface area (TPSA) is 53.7 Å². The molecule has 0 bridgehead atoms. The Hall–Kier alpha value is -1.26. The molecule has 0 amide bonds. The first-order valence-electron chi connectivity index (χ1n) is 7.42. The van der Waals surface area contributed by atoms with Gasteiger partial charge in [-0.1, -0.05) is 0 Å². The summed E-state index contributed by atoms with van der Waals surface area (Å²) >= 11 is 0. The molecule has 4 heteroatoms. The summed E-state index contributed by atoms with van der Waals surface area (Å²) in [6.45, 7) is 1.44. The predicted octanol–water partition coefficient (Wildman–Crippen LogP) is 2.75. The molecule has 1 aliphatic carbocycles. The third kappa shape index (κ3) is 5.02. The molecule has 20 heavy (non-hydrogen) atoms. The van der Waals surface area contributed by atoms with Crippen molar-refractivity contribution >= 4 is 0 Å². The van der Waals surface area contributed by atoms with Crippen LogP contribution in [0.3, 0.4) is 0 Å². The Balaban J connectivity index is 1.55. The Labute approximate surface area is 121 Å². The highest BCUT2D eigenvalue weighted by atomic mass is 16.5. The SMILES string of the molecule is COc1ccc(OCCCOC2CCC(N)CC2)cc1. The molecule has 0 aliphatic heterocycles. The van der Waals surface area contributed by atoms with Crippen molar-refractivity contribution in [3.63, 3.8) is 0 Å². The maximum Gasteiger partial charge on any atom is 0.119 e. The fourth-order valence-corrected chi connectivity index (χ4v) is 2.43. The first-order chi connectivity index (χ1) is 9.78. The van der Waals surface area contributed by atoms with Gasteiger partial charge in [0.1, 0.15) is 11.5 Å².